The summed E-state index contributed by atoms with van der Waals surface area (Å²) in [5.74, 6) is 0. The van der Waals surface area contributed by atoms with Crippen LogP contribution in [0.15, 0.2) is 27.7 Å². The van der Waals surface area contributed by atoms with Gasteiger partial charge in [-0.2, -0.15) is 0 Å². The van der Waals surface area contributed by atoms with Crippen molar-refractivity contribution in [3.05, 3.63) is 29.1 Å². The van der Waals surface area contributed by atoms with Crippen molar-refractivity contribution in [3.8, 4) is 0 Å². The summed E-state index contributed by atoms with van der Waals surface area (Å²) in [4.78, 5) is 8.28. The van der Waals surface area contributed by atoms with Crippen LogP contribution in [0.5, 0.6) is 0 Å². The average molecular weight is 259 g/mol. The lowest BCUT2D eigenvalue weighted by Crippen LogP contribution is -1.99. The van der Waals surface area contributed by atoms with Gasteiger partial charge in [0.2, 0.25) is 0 Å². The predicted molar refractivity (Wildman–Crippen MR) is 80.6 cm³/mol. The maximum atomic E-state index is 4.32. The Morgan fingerprint density at radius 1 is 1.32 bits per heavy atom. The largest absolute Gasteiger partial charge is 0.266 e. The molecule has 0 unspecified atom stereocenters. The van der Waals surface area contributed by atoms with E-state index < -0.39 is 0 Å². The summed E-state index contributed by atoms with van der Waals surface area (Å²) in [5.41, 5.74) is 4.15. The second kappa shape index (κ2) is 7.41. The van der Waals surface area contributed by atoms with Crippen molar-refractivity contribution < 1.29 is 0 Å². The van der Waals surface area contributed by atoms with E-state index in [1.54, 1.807) is 12.6 Å². The second-order valence-corrected chi connectivity index (χ2v) is 4.38. The molecule has 5 nitrogen and oxygen atoms in total. The number of nitrogens with one attached hydrogen (secondary N) is 1. The molecule has 1 aromatic heterocycles. The molecule has 19 heavy (non-hydrogen) atoms. The molecule has 0 aliphatic heterocycles. The fourth-order valence-corrected chi connectivity index (χ4v) is 1.46. The molecule has 0 spiro atoms. The van der Waals surface area contributed by atoms with Crippen LogP contribution in [-0.4, -0.2) is 34.0 Å². The maximum absolute atomic E-state index is 4.32. The molecule has 0 amide bonds. The zero-order chi connectivity index (χ0) is 14.3. The van der Waals surface area contributed by atoms with Gasteiger partial charge in [0.05, 0.1) is 17.4 Å². The van der Waals surface area contributed by atoms with Gasteiger partial charge in [-0.1, -0.05) is 17.4 Å². The molecule has 0 saturated carbocycles. The number of rotatable bonds is 5. The zero-order valence-electron chi connectivity index (χ0n) is 12.2. The van der Waals surface area contributed by atoms with Crippen molar-refractivity contribution >= 4 is 18.1 Å². The number of nitrogens with zero attached hydrogens (tertiary/aromatic N) is 4. The van der Waals surface area contributed by atoms with Gasteiger partial charge in [0.1, 0.15) is 6.34 Å². The Kier molecular flexibility index (Phi) is 5.85. The zero-order valence-corrected chi connectivity index (χ0v) is 12.2. The molecule has 102 valence electrons. The average Bonchev–Trinajstić information content (AvgIpc) is 2.82. The van der Waals surface area contributed by atoms with Gasteiger partial charge in [0.25, 0.3) is 0 Å². The lowest BCUT2D eigenvalue weighted by Gasteiger charge is -2.04. The summed E-state index contributed by atoms with van der Waals surface area (Å²) >= 11 is 0. The summed E-state index contributed by atoms with van der Waals surface area (Å²) in [6, 6.07) is 0.119. The van der Waals surface area contributed by atoms with Gasteiger partial charge in [0, 0.05) is 6.21 Å². The van der Waals surface area contributed by atoms with Crippen LogP contribution in [0.4, 0.5) is 0 Å². The Morgan fingerprint density at radius 2 is 2.05 bits per heavy atom. The number of H-pyrrole nitrogens is 1. The first-order valence-electron chi connectivity index (χ1n) is 6.28. The molecule has 1 N–H and O–H groups in total. The molecule has 0 aromatic carbocycles. The van der Waals surface area contributed by atoms with Crippen molar-refractivity contribution in [3.63, 3.8) is 0 Å². The molecule has 0 bridgehead atoms. The molecule has 0 aliphatic carbocycles. The van der Waals surface area contributed by atoms with Crippen LogP contribution < -0.4 is 0 Å². The highest BCUT2D eigenvalue weighted by Gasteiger charge is 2.03. The SMILES string of the molecule is C/C=N\C=N/[C@@H](C)/C(C)=C/C=C(\C)c1[nH]nnc1C. The standard InChI is InChI=1S/C14H21N5/c1-6-15-9-16-12(4)10(2)7-8-11(3)14-13(5)17-19-18-14/h6-9,12H,1-5H3,(H,17,18,19)/b10-7+,11-8+,15-6-,16-9-/t12-/m0/s1. The van der Waals surface area contributed by atoms with Crippen molar-refractivity contribution in [1.29, 1.82) is 0 Å². The van der Waals surface area contributed by atoms with Crippen LogP contribution in [0.2, 0.25) is 0 Å². The van der Waals surface area contributed by atoms with Crippen molar-refractivity contribution in [2.45, 2.75) is 40.7 Å². The fraction of sp³-hybridized carbons (Fsp3) is 0.429. The lowest BCUT2D eigenvalue weighted by atomic mass is 10.1. The van der Waals surface area contributed by atoms with Crippen LogP contribution >= 0.6 is 0 Å². The van der Waals surface area contributed by atoms with Crippen LogP contribution in [0.1, 0.15) is 39.1 Å². The Balaban J connectivity index is 2.77. The highest BCUT2D eigenvalue weighted by Crippen LogP contribution is 2.14. The molecule has 0 saturated heterocycles. The first kappa shape index (κ1) is 15.0. The van der Waals surface area contributed by atoms with E-state index in [0.717, 1.165) is 17.0 Å². The Hall–Kier alpha value is -2.04. The minimum Gasteiger partial charge on any atom is -0.266 e. The number of aromatic amines is 1. The maximum Gasteiger partial charge on any atom is 0.110 e. The molecule has 1 atom stereocenters. The van der Waals surface area contributed by atoms with E-state index in [1.165, 1.54) is 5.57 Å². The van der Waals surface area contributed by atoms with Crippen LogP contribution in [-0.2, 0) is 0 Å². The van der Waals surface area contributed by atoms with Gasteiger partial charge < -0.3 is 0 Å². The van der Waals surface area contributed by atoms with E-state index in [4.69, 9.17) is 0 Å². The number of hydrogen-bond donors (Lipinski definition) is 1. The molecule has 0 radical (unpaired) electrons. The summed E-state index contributed by atoms with van der Waals surface area (Å²) in [6.07, 6.45) is 7.41. The highest BCUT2D eigenvalue weighted by atomic mass is 15.3. The van der Waals surface area contributed by atoms with Gasteiger partial charge in [-0.15, -0.1) is 5.10 Å². The molecular weight excluding hydrogens is 238 g/mol. The third kappa shape index (κ3) is 4.62. The summed E-state index contributed by atoms with van der Waals surface area (Å²) in [6.45, 7) is 9.93. The van der Waals surface area contributed by atoms with E-state index >= 15 is 0 Å². The summed E-state index contributed by atoms with van der Waals surface area (Å²) < 4.78 is 0. The Morgan fingerprint density at radius 3 is 2.63 bits per heavy atom. The number of aryl methyl sites for hydroxylation is 1. The molecule has 1 rings (SSSR count). The molecule has 1 aromatic rings. The van der Waals surface area contributed by atoms with Gasteiger partial charge in [-0.3, -0.25) is 10.1 Å². The third-order valence-electron chi connectivity index (χ3n) is 2.88. The van der Waals surface area contributed by atoms with Gasteiger partial charge in [-0.05, 0) is 45.8 Å². The van der Waals surface area contributed by atoms with E-state index in [2.05, 4.69) is 38.4 Å². The summed E-state index contributed by atoms with van der Waals surface area (Å²) in [7, 11) is 0. The van der Waals surface area contributed by atoms with Gasteiger partial charge >= 0.3 is 0 Å². The minimum atomic E-state index is 0.119. The highest BCUT2D eigenvalue weighted by molar-refractivity contribution is 5.70. The number of aromatic nitrogens is 3. The van der Waals surface area contributed by atoms with E-state index in [-0.39, 0.29) is 6.04 Å². The summed E-state index contributed by atoms with van der Waals surface area (Å²) in [5, 5.41) is 10.6. The molecule has 0 fully saturated rings. The molecule has 0 aliphatic rings. The second-order valence-electron chi connectivity index (χ2n) is 4.38. The van der Waals surface area contributed by atoms with Crippen LogP contribution in [0, 0.1) is 6.92 Å². The van der Waals surface area contributed by atoms with Crippen LogP contribution in [0.25, 0.3) is 5.57 Å². The number of allylic oxidation sites excluding steroid dienone is 3. The number of aliphatic imine (C=N–C) groups is 2. The molecule has 5 heteroatoms. The van der Waals surface area contributed by atoms with Gasteiger partial charge in [0.15, 0.2) is 0 Å². The van der Waals surface area contributed by atoms with Crippen molar-refractivity contribution in [2.75, 3.05) is 0 Å². The quantitative estimate of drug-likeness (QED) is 0.502. The van der Waals surface area contributed by atoms with E-state index in [0.29, 0.717) is 0 Å². The van der Waals surface area contributed by atoms with Gasteiger partial charge in [-0.25, -0.2) is 4.99 Å². The third-order valence-corrected chi connectivity index (χ3v) is 2.88. The Bertz CT molecular complexity index is 520. The minimum absolute atomic E-state index is 0.119. The number of hydrogen-bond acceptors (Lipinski definition) is 3. The van der Waals surface area contributed by atoms with E-state index in [1.807, 2.05) is 33.8 Å². The normalized spacial score (nSPS) is 15.6. The fourth-order valence-electron chi connectivity index (χ4n) is 1.46. The smallest absolute Gasteiger partial charge is 0.110 e. The lowest BCUT2D eigenvalue weighted by molar-refractivity contribution is 0.865. The Labute approximate surface area is 114 Å². The van der Waals surface area contributed by atoms with Crippen LogP contribution in [0.3, 0.4) is 0 Å². The van der Waals surface area contributed by atoms with Crippen molar-refractivity contribution in [2.24, 2.45) is 9.98 Å². The first-order valence-corrected chi connectivity index (χ1v) is 6.28. The topological polar surface area (TPSA) is 66.3 Å². The molecular formula is C14H21N5. The monoisotopic (exact) mass is 259 g/mol. The van der Waals surface area contributed by atoms with E-state index in [9.17, 15) is 0 Å². The first-order chi connectivity index (χ1) is 9.06. The predicted octanol–water partition coefficient (Wildman–Crippen LogP) is 2.97. The molecule has 1 heterocycles. The van der Waals surface area contributed by atoms with Crippen molar-refractivity contribution in [1.82, 2.24) is 15.4 Å².